The van der Waals surface area contributed by atoms with Crippen LogP contribution in [0.1, 0.15) is 39.6 Å². The lowest BCUT2D eigenvalue weighted by molar-refractivity contribution is 0.0592. The summed E-state index contributed by atoms with van der Waals surface area (Å²) >= 11 is 0. The number of nitrogens with two attached hydrogens (primary N) is 1. The van der Waals surface area contributed by atoms with Gasteiger partial charge in [-0.05, 0) is 35.6 Å². The van der Waals surface area contributed by atoms with E-state index in [-0.39, 0.29) is 6.04 Å². The van der Waals surface area contributed by atoms with Crippen LogP contribution in [0.15, 0.2) is 42.5 Å². The quantitative estimate of drug-likeness (QED) is 0.843. The van der Waals surface area contributed by atoms with Gasteiger partial charge in [-0.25, -0.2) is 4.79 Å². The van der Waals surface area contributed by atoms with Gasteiger partial charge in [0.25, 0.3) is 0 Å². The fourth-order valence-corrected chi connectivity index (χ4v) is 3.07. The van der Waals surface area contributed by atoms with Crippen LogP contribution in [-0.4, -0.2) is 24.2 Å². The molecule has 5 heteroatoms. The van der Waals surface area contributed by atoms with Gasteiger partial charge in [-0.1, -0.05) is 36.4 Å². The number of benzene rings is 2. The summed E-state index contributed by atoms with van der Waals surface area (Å²) in [5, 5.41) is 10.3. The molecule has 0 fully saturated rings. The van der Waals surface area contributed by atoms with Crippen molar-refractivity contribution in [3.8, 4) is 5.75 Å². The highest BCUT2D eigenvalue weighted by Gasteiger charge is 2.31. The molecule has 2 atom stereocenters. The number of hydrogen-bond acceptors (Lipinski definition) is 5. The molecule has 126 valence electrons. The van der Waals surface area contributed by atoms with Crippen LogP contribution in [-0.2, 0) is 17.8 Å². The monoisotopic (exact) mass is 327 g/mol. The second kappa shape index (κ2) is 7.03. The maximum absolute atomic E-state index is 12.3. The SMILES string of the molecule is COC(=O)c1c(OCc2ccccc2)ccc2c1CC[C@H](N)[C@H]2O. The van der Waals surface area contributed by atoms with Gasteiger partial charge in [-0.15, -0.1) is 0 Å². The van der Waals surface area contributed by atoms with Crippen molar-refractivity contribution in [1.29, 1.82) is 0 Å². The molecule has 0 aromatic heterocycles. The van der Waals surface area contributed by atoms with Crippen LogP contribution in [0, 0.1) is 0 Å². The predicted octanol–water partition coefficient (Wildman–Crippen LogP) is 2.36. The van der Waals surface area contributed by atoms with Crippen molar-refractivity contribution in [2.45, 2.75) is 31.6 Å². The summed E-state index contributed by atoms with van der Waals surface area (Å²) in [6, 6.07) is 12.9. The smallest absolute Gasteiger partial charge is 0.341 e. The Labute approximate surface area is 141 Å². The predicted molar refractivity (Wildman–Crippen MR) is 89.8 cm³/mol. The lowest BCUT2D eigenvalue weighted by Gasteiger charge is -2.29. The number of carbonyl (C=O) groups excluding carboxylic acids is 1. The van der Waals surface area contributed by atoms with E-state index in [2.05, 4.69) is 0 Å². The molecule has 0 heterocycles. The molecule has 1 aliphatic rings. The number of aliphatic hydroxyl groups excluding tert-OH is 1. The van der Waals surface area contributed by atoms with Crippen LogP contribution in [0.5, 0.6) is 5.75 Å². The molecular formula is C19H21NO4. The van der Waals surface area contributed by atoms with Crippen molar-refractivity contribution in [2.24, 2.45) is 5.73 Å². The Hall–Kier alpha value is -2.37. The number of rotatable bonds is 4. The van der Waals surface area contributed by atoms with Crippen LogP contribution in [0.25, 0.3) is 0 Å². The zero-order valence-corrected chi connectivity index (χ0v) is 13.6. The molecule has 24 heavy (non-hydrogen) atoms. The topological polar surface area (TPSA) is 81.8 Å². The maximum atomic E-state index is 12.3. The van der Waals surface area contributed by atoms with Gasteiger partial charge in [0.1, 0.15) is 17.9 Å². The molecule has 0 spiro atoms. The summed E-state index contributed by atoms with van der Waals surface area (Å²) in [5.74, 6) is 0.00436. The first-order chi connectivity index (χ1) is 11.6. The lowest BCUT2D eigenvalue weighted by atomic mass is 9.83. The molecule has 0 unspecified atom stereocenters. The molecule has 3 rings (SSSR count). The highest BCUT2D eigenvalue weighted by molar-refractivity contribution is 5.94. The van der Waals surface area contributed by atoms with Crippen LogP contribution >= 0.6 is 0 Å². The third-order valence-electron chi connectivity index (χ3n) is 4.39. The van der Waals surface area contributed by atoms with Gasteiger partial charge < -0.3 is 20.3 Å². The Bertz CT molecular complexity index is 730. The second-order valence-electron chi connectivity index (χ2n) is 5.92. The molecule has 0 radical (unpaired) electrons. The molecule has 1 aliphatic carbocycles. The molecule has 3 N–H and O–H groups in total. The van der Waals surface area contributed by atoms with Crippen molar-refractivity contribution >= 4 is 5.97 Å². The molecule has 0 bridgehead atoms. The molecule has 0 aliphatic heterocycles. The van der Waals surface area contributed by atoms with Gasteiger partial charge in [0.05, 0.1) is 13.2 Å². The number of hydrogen-bond donors (Lipinski definition) is 2. The van der Waals surface area contributed by atoms with Crippen LogP contribution < -0.4 is 10.5 Å². The fourth-order valence-electron chi connectivity index (χ4n) is 3.07. The fraction of sp³-hybridized carbons (Fsp3) is 0.316. The van der Waals surface area contributed by atoms with Crippen LogP contribution in [0.2, 0.25) is 0 Å². The zero-order chi connectivity index (χ0) is 17.1. The van der Waals surface area contributed by atoms with Gasteiger partial charge in [-0.3, -0.25) is 0 Å². The Balaban J connectivity index is 1.96. The summed E-state index contributed by atoms with van der Waals surface area (Å²) in [7, 11) is 1.34. The molecule has 2 aromatic carbocycles. The van der Waals surface area contributed by atoms with Crippen LogP contribution in [0.4, 0.5) is 0 Å². The minimum atomic E-state index is -0.777. The Morgan fingerprint density at radius 3 is 2.71 bits per heavy atom. The Morgan fingerprint density at radius 1 is 1.25 bits per heavy atom. The Kier molecular flexibility index (Phi) is 4.83. The number of esters is 1. The highest BCUT2D eigenvalue weighted by Crippen LogP contribution is 2.36. The number of carbonyl (C=O) groups is 1. The van der Waals surface area contributed by atoms with E-state index in [1.165, 1.54) is 7.11 Å². The largest absolute Gasteiger partial charge is 0.488 e. The van der Waals surface area contributed by atoms with Crippen molar-refractivity contribution < 1.29 is 19.4 Å². The molecule has 0 amide bonds. The first kappa shape index (κ1) is 16.5. The average Bonchev–Trinajstić information content (AvgIpc) is 2.62. The summed E-state index contributed by atoms with van der Waals surface area (Å²) in [6.07, 6.45) is 0.446. The molecule has 2 aromatic rings. The van der Waals surface area contributed by atoms with Gasteiger partial charge >= 0.3 is 5.97 Å². The number of fused-ring (bicyclic) bond motifs is 1. The minimum Gasteiger partial charge on any atom is -0.488 e. The highest BCUT2D eigenvalue weighted by atomic mass is 16.5. The van der Waals surface area contributed by atoms with E-state index in [1.54, 1.807) is 12.1 Å². The normalized spacial score (nSPS) is 19.5. The molecule has 0 saturated heterocycles. The number of ether oxygens (including phenoxy) is 2. The van der Waals surface area contributed by atoms with E-state index in [9.17, 15) is 9.90 Å². The third-order valence-corrected chi connectivity index (χ3v) is 4.39. The first-order valence-corrected chi connectivity index (χ1v) is 7.96. The first-order valence-electron chi connectivity index (χ1n) is 7.96. The minimum absolute atomic E-state index is 0.320. The summed E-state index contributed by atoms with van der Waals surface area (Å²) in [5.41, 5.74) is 8.77. The third kappa shape index (κ3) is 3.13. The molecular weight excluding hydrogens is 306 g/mol. The average molecular weight is 327 g/mol. The lowest BCUT2D eigenvalue weighted by Crippen LogP contribution is -2.34. The van der Waals surface area contributed by atoms with Gasteiger partial charge in [-0.2, -0.15) is 0 Å². The van der Waals surface area contributed by atoms with E-state index in [1.807, 2.05) is 30.3 Å². The second-order valence-corrected chi connectivity index (χ2v) is 5.92. The zero-order valence-electron chi connectivity index (χ0n) is 13.6. The summed E-state index contributed by atoms with van der Waals surface area (Å²) in [4.78, 5) is 12.3. The van der Waals surface area contributed by atoms with Gasteiger partial charge in [0, 0.05) is 6.04 Å². The standard InChI is InChI=1S/C19H21NO4/c1-23-19(22)17-13-7-9-15(20)18(21)14(13)8-10-16(17)24-11-12-5-3-2-4-6-12/h2-6,8,10,15,18,21H,7,9,11,20H2,1H3/t15-,18-/m0/s1. The number of methoxy groups -OCH3 is 1. The van der Waals surface area contributed by atoms with E-state index in [0.717, 1.165) is 11.1 Å². The van der Waals surface area contributed by atoms with E-state index >= 15 is 0 Å². The van der Waals surface area contributed by atoms with Crippen molar-refractivity contribution in [2.75, 3.05) is 7.11 Å². The Morgan fingerprint density at radius 2 is 2.00 bits per heavy atom. The van der Waals surface area contributed by atoms with Crippen molar-refractivity contribution in [3.63, 3.8) is 0 Å². The summed E-state index contributed by atoms with van der Waals surface area (Å²) in [6.45, 7) is 0.353. The molecule has 0 saturated carbocycles. The van der Waals surface area contributed by atoms with Crippen molar-refractivity contribution in [3.05, 3.63) is 64.7 Å². The van der Waals surface area contributed by atoms with Crippen molar-refractivity contribution in [1.82, 2.24) is 0 Å². The van der Waals surface area contributed by atoms with Crippen LogP contribution in [0.3, 0.4) is 0 Å². The number of aliphatic hydroxyl groups is 1. The van der Waals surface area contributed by atoms with E-state index < -0.39 is 12.1 Å². The van der Waals surface area contributed by atoms with E-state index in [4.69, 9.17) is 15.2 Å². The maximum Gasteiger partial charge on any atom is 0.341 e. The molecule has 5 nitrogen and oxygen atoms in total. The summed E-state index contributed by atoms with van der Waals surface area (Å²) < 4.78 is 10.8. The van der Waals surface area contributed by atoms with E-state index in [0.29, 0.717) is 36.3 Å². The van der Waals surface area contributed by atoms with Gasteiger partial charge in [0.2, 0.25) is 0 Å². The van der Waals surface area contributed by atoms with Gasteiger partial charge in [0.15, 0.2) is 0 Å².